The molecule has 2 heterocycles. The molecule has 0 bridgehead atoms. The van der Waals surface area contributed by atoms with Crippen LogP contribution in [0, 0.1) is 0 Å². The van der Waals surface area contributed by atoms with Gasteiger partial charge in [-0.05, 0) is 0 Å². The van der Waals surface area contributed by atoms with E-state index in [1.165, 1.54) is 0 Å². The van der Waals surface area contributed by atoms with E-state index in [0.29, 0.717) is 13.2 Å². The number of epoxide rings is 2. The summed E-state index contributed by atoms with van der Waals surface area (Å²) < 4.78 is 19.5. The largest absolute Gasteiger partial charge is 0.371 e. The molecule has 6 heteroatoms. The van der Waals surface area contributed by atoms with Crippen LogP contribution in [0.15, 0.2) is 0 Å². The summed E-state index contributed by atoms with van der Waals surface area (Å²) >= 11 is 0. The summed E-state index contributed by atoms with van der Waals surface area (Å²) in [4.78, 5) is 0. The van der Waals surface area contributed by atoms with Crippen molar-refractivity contribution in [1.29, 1.82) is 0 Å². The molecular weight excluding hydrogens is 192 g/mol. The third kappa shape index (κ3) is 3.49. The lowest BCUT2D eigenvalue weighted by molar-refractivity contribution is -0.253. The number of aliphatic hydroxyl groups is 2. The highest BCUT2D eigenvalue weighted by Gasteiger charge is 2.28. The first kappa shape index (κ1) is 10.3. The van der Waals surface area contributed by atoms with E-state index in [1.807, 2.05) is 0 Å². The molecule has 2 saturated heterocycles. The molecule has 2 N–H and O–H groups in total. The molecule has 0 aromatic carbocycles. The molecule has 0 saturated carbocycles. The first-order valence-electron chi connectivity index (χ1n) is 4.58. The van der Waals surface area contributed by atoms with E-state index in [0.717, 1.165) is 0 Å². The Morgan fingerprint density at radius 1 is 1.00 bits per heavy atom. The zero-order chi connectivity index (χ0) is 9.97. The van der Waals surface area contributed by atoms with Gasteiger partial charge in [0.25, 0.3) is 0 Å². The number of hydrogen-bond donors (Lipinski definition) is 2. The predicted octanol–water partition coefficient (Wildman–Crippen LogP) is -1.55. The Hall–Kier alpha value is -0.240. The molecule has 0 amide bonds. The summed E-state index contributed by atoms with van der Waals surface area (Å²) in [7, 11) is 0. The van der Waals surface area contributed by atoms with Crippen molar-refractivity contribution in [3.63, 3.8) is 0 Å². The highest BCUT2D eigenvalue weighted by Crippen LogP contribution is 2.12. The van der Waals surface area contributed by atoms with Crippen LogP contribution in [0.4, 0.5) is 0 Å². The number of aliphatic hydroxyl groups excluding tert-OH is 2. The van der Waals surface area contributed by atoms with E-state index in [4.69, 9.17) is 18.9 Å². The third-order valence-corrected chi connectivity index (χ3v) is 1.95. The summed E-state index contributed by atoms with van der Waals surface area (Å²) in [6, 6.07) is 0. The molecule has 0 aromatic rings. The second-order valence-corrected chi connectivity index (χ2v) is 3.36. The minimum atomic E-state index is -1.32. The van der Waals surface area contributed by atoms with Crippen LogP contribution < -0.4 is 0 Å². The smallest absolute Gasteiger partial charge is 0.206 e. The lowest BCUT2D eigenvalue weighted by Gasteiger charge is -2.17. The highest BCUT2D eigenvalue weighted by molar-refractivity contribution is 4.69. The van der Waals surface area contributed by atoms with Gasteiger partial charge in [0.1, 0.15) is 12.2 Å². The molecule has 2 rings (SSSR count). The molecule has 0 spiro atoms. The van der Waals surface area contributed by atoms with Gasteiger partial charge < -0.3 is 29.2 Å². The van der Waals surface area contributed by atoms with Crippen molar-refractivity contribution < 1.29 is 29.2 Å². The quantitative estimate of drug-likeness (QED) is 0.388. The number of rotatable bonds is 7. The van der Waals surface area contributed by atoms with E-state index in [1.54, 1.807) is 0 Å². The van der Waals surface area contributed by atoms with Gasteiger partial charge in [0, 0.05) is 0 Å². The molecule has 2 aliphatic heterocycles. The number of ether oxygens (including phenoxy) is 4. The van der Waals surface area contributed by atoms with E-state index < -0.39 is 12.6 Å². The second kappa shape index (κ2) is 4.52. The Labute approximate surface area is 81.3 Å². The Morgan fingerprint density at radius 2 is 1.36 bits per heavy atom. The molecule has 2 aliphatic rings. The molecule has 6 nitrogen and oxygen atoms in total. The van der Waals surface area contributed by atoms with Crippen molar-refractivity contribution in [1.82, 2.24) is 0 Å². The molecular formula is C8H14O6. The van der Waals surface area contributed by atoms with Crippen LogP contribution in [-0.4, -0.2) is 61.4 Å². The van der Waals surface area contributed by atoms with Crippen LogP contribution in [0.25, 0.3) is 0 Å². The van der Waals surface area contributed by atoms with Crippen LogP contribution in [-0.2, 0) is 18.9 Å². The fourth-order valence-corrected chi connectivity index (χ4v) is 0.905. The fraction of sp³-hybridized carbons (Fsp3) is 1.00. The standard InChI is InChI=1S/C8H14O6/c9-7(13-3-5-1-11-5)8(10)14-4-6-2-12-6/h5-10H,1-4H2. The molecule has 0 aromatic heterocycles. The zero-order valence-corrected chi connectivity index (χ0v) is 7.67. The number of hydrogen-bond acceptors (Lipinski definition) is 6. The summed E-state index contributed by atoms with van der Waals surface area (Å²) in [5.41, 5.74) is 0. The van der Waals surface area contributed by atoms with Gasteiger partial charge in [-0.1, -0.05) is 0 Å². The van der Waals surface area contributed by atoms with Gasteiger partial charge in [0.15, 0.2) is 0 Å². The minimum Gasteiger partial charge on any atom is -0.371 e. The van der Waals surface area contributed by atoms with Crippen LogP contribution in [0.5, 0.6) is 0 Å². The van der Waals surface area contributed by atoms with Crippen LogP contribution >= 0.6 is 0 Å². The highest BCUT2D eigenvalue weighted by atomic mass is 16.7. The summed E-state index contributed by atoms with van der Waals surface area (Å²) in [6.07, 6.45) is -2.52. The predicted molar refractivity (Wildman–Crippen MR) is 43.4 cm³/mol. The summed E-state index contributed by atoms with van der Waals surface area (Å²) in [6.45, 7) is 1.86. The third-order valence-electron chi connectivity index (χ3n) is 1.95. The van der Waals surface area contributed by atoms with Crippen LogP contribution in [0.3, 0.4) is 0 Å². The van der Waals surface area contributed by atoms with Gasteiger partial charge in [-0.15, -0.1) is 0 Å². The van der Waals surface area contributed by atoms with Gasteiger partial charge in [0.05, 0.1) is 26.4 Å². The van der Waals surface area contributed by atoms with Gasteiger partial charge in [0.2, 0.25) is 12.6 Å². The van der Waals surface area contributed by atoms with E-state index in [2.05, 4.69) is 0 Å². The van der Waals surface area contributed by atoms with Crippen molar-refractivity contribution in [2.24, 2.45) is 0 Å². The molecule has 4 atom stereocenters. The first-order valence-corrected chi connectivity index (χ1v) is 4.58. The molecule has 82 valence electrons. The average molecular weight is 206 g/mol. The van der Waals surface area contributed by atoms with Gasteiger partial charge in [-0.25, -0.2) is 0 Å². The first-order chi connectivity index (χ1) is 6.75. The summed E-state index contributed by atoms with van der Waals surface area (Å²) in [5, 5.41) is 18.5. The van der Waals surface area contributed by atoms with E-state index in [-0.39, 0.29) is 25.4 Å². The van der Waals surface area contributed by atoms with E-state index >= 15 is 0 Å². The van der Waals surface area contributed by atoms with Gasteiger partial charge in [-0.3, -0.25) is 0 Å². The zero-order valence-electron chi connectivity index (χ0n) is 7.67. The van der Waals surface area contributed by atoms with Crippen molar-refractivity contribution in [2.45, 2.75) is 24.8 Å². The molecule has 2 fully saturated rings. The van der Waals surface area contributed by atoms with E-state index in [9.17, 15) is 10.2 Å². The van der Waals surface area contributed by atoms with Gasteiger partial charge >= 0.3 is 0 Å². The molecule has 14 heavy (non-hydrogen) atoms. The molecule has 0 aliphatic carbocycles. The second-order valence-electron chi connectivity index (χ2n) is 3.36. The Balaban J connectivity index is 1.53. The lowest BCUT2D eigenvalue weighted by atomic mass is 10.5. The lowest BCUT2D eigenvalue weighted by Crippen LogP contribution is -2.33. The van der Waals surface area contributed by atoms with Crippen LogP contribution in [0.1, 0.15) is 0 Å². The normalized spacial score (nSPS) is 33.9. The molecule has 4 unspecified atom stereocenters. The SMILES string of the molecule is OC(OCC1CO1)C(O)OCC1CO1. The Bertz CT molecular complexity index is 159. The maximum absolute atomic E-state index is 9.23. The van der Waals surface area contributed by atoms with Crippen LogP contribution in [0.2, 0.25) is 0 Å². The maximum Gasteiger partial charge on any atom is 0.206 e. The average Bonchev–Trinajstić information content (AvgIpc) is 3.02. The van der Waals surface area contributed by atoms with Crippen molar-refractivity contribution in [3.8, 4) is 0 Å². The van der Waals surface area contributed by atoms with Crippen molar-refractivity contribution in [3.05, 3.63) is 0 Å². The van der Waals surface area contributed by atoms with Gasteiger partial charge in [-0.2, -0.15) is 0 Å². The minimum absolute atomic E-state index is 0.0589. The monoisotopic (exact) mass is 206 g/mol. The Kier molecular flexibility index (Phi) is 3.32. The topological polar surface area (TPSA) is 84.0 Å². The van der Waals surface area contributed by atoms with Crippen molar-refractivity contribution in [2.75, 3.05) is 26.4 Å². The van der Waals surface area contributed by atoms with Crippen molar-refractivity contribution >= 4 is 0 Å². The summed E-state index contributed by atoms with van der Waals surface area (Å²) in [5.74, 6) is 0. The Morgan fingerprint density at radius 3 is 1.64 bits per heavy atom. The molecule has 0 radical (unpaired) electrons. The fourth-order valence-electron chi connectivity index (χ4n) is 0.905. The maximum atomic E-state index is 9.23.